The number of alkyl halides is 3. The van der Waals surface area contributed by atoms with Crippen molar-refractivity contribution in [3.63, 3.8) is 0 Å². The lowest BCUT2D eigenvalue weighted by Gasteiger charge is -2.14. The molecule has 0 aliphatic heterocycles. The zero-order valence-electron chi connectivity index (χ0n) is 13.8. The topological polar surface area (TPSA) is 34.1 Å². The Morgan fingerprint density at radius 1 is 0.808 bits per heavy atom. The molecule has 0 fully saturated rings. The van der Waals surface area contributed by atoms with Crippen molar-refractivity contribution in [3.8, 4) is 0 Å². The molecule has 0 unspecified atom stereocenters. The Morgan fingerprint density at radius 3 is 1.85 bits per heavy atom. The number of rotatable bonds is 4. The summed E-state index contributed by atoms with van der Waals surface area (Å²) >= 11 is 0. The van der Waals surface area contributed by atoms with Gasteiger partial charge in [-0.1, -0.05) is 24.3 Å². The minimum atomic E-state index is -4.48. The van der Waals surface area contributed by atoms with Gasteiger partial charge in [0.1, 0.15) is 5.82 Å². The second kappa shape index (κ2) is 6.52. The zero-order valence-corrected chi connectivity index (χ0v) is 13.8. The SMILES string of the molecule is Cc1ccc(Cc2c(Cc3ccc(F)cc3)c(=O)c2=O)cc1C(F)(F)F. The maximum Gasteiger partial charge on any atom is 0.416 e. The third-order valence-electron chi connectivity index (χ3n) is 4.40. The Kier molecular flexibility index (Phi) is 4.52. The third-order valence-corrected chi connectivity index (χ3v) is 4.40. The molecule has 6 heteroatoms. The third kappa shape index (κ3) is 3.45. The highest BCUT2D eigenvalue weighted by molar-refractivity contribution is 5.42. The molecule has 134 valence electrons. The van der Waals surface area contributed by atoms with Gasteiger partial charge in [0.05, 0.1) is 5.56 Å². The van der Waals surface area contributed by atoms with Crippen LogP contribution in [0.15, 0.2) is 52.1 Å². The van der Waals surface area contributed by atoms with Gasteiger partial charge in [-0.05, 0) is 41.8 Å². The summed E-state index contributed by atoms with van der Waals surface area (Å²) < 4.78 is 52.1. The molecule has 0 N–H and O–H groups in total. The van der Waals surface area contributed by atoms with Crippen molar-refractivity contribution in [3.05, 3.63) is 102 Å². The first-order valence-electron chi connectivity index (χ1n) is 7.89. The highest BCUT2D eigenvalue weighted by Crippen LogP contribution is 2.32. The summed E-state index contributed by atoms with van der Waals surface area (Å²) in [7, 11) is 0. The Balaban J connectivity index is 1.90. The van der Waals surface area contributed by atoms with Crippen LogP contribution in [0.2, 0.25) is 0 Å². The van der Waals surface area contributed by atoms with E-state index in [1.54, 1.807) is 0 Å². The van der Waals surface area contributed by atoms with E-state index >= 15 is 0 Å². The minimum Gasteiger partial charge on any atom is -0.285 e. The fourth-order valence-electron chi connectivity index (χ4n) is 2.95. The van der Waals surface area contributed by atoms with Crippen LogP contribution in [-0.4, -0.2) is 0 Å². The molecule has 2 nitrogen and oxygen atoms in total. The molecule has 0 bridgehead atoms. The van der Waals surface area contributed by atoms with E-state index in [4.69, 9.17) is 0 Å². The predicted molar refractivity (Wildman–Crippen MR) is 89.5 cm³/mol. The summed E-state index contributed by atoms with van der Waals surface area (Å²) in [5, 5.41) is 0. The summed E-state index contributed by atoms with van der Waals surface area (Å²) in [4.78, 5) is 23.7. The summed E-state index contributed by atoms with van der Waals surface area (Å²) in [6, 6.07) is 9.37. The zero-order chi connectivity index (χ0) is 19.1. The first-order chi connectivity index (χ1) is 12.2. The van der Waals surface area contributed by atoms with Crippen LogP contribution in [0, 0.1) is 12.7 Å². The molecule has 0 amide bonds. The maximum absolute atomic E-state index is 13.0. The normalized spacial score (nSPS) is 11.9. The van der Waals surface area contributed by atoms with Gasteiger partial charge in [0, 0.05) is 24.0 Å². The van der Waals surface area contributed by atoms with E-state index in [2.05, 4.69) is 0 Å². The minimum absolute atomic E-state index is 0.0372. The first kappa shape index (κ1) is 18.0. The molecule has 0 saturated carbocycles. The molecule has 0 aliphatic carbocycles. The lowest BCUT2D eigenvalue weighted by atomic mass is 9.89. The molecule has 3 rings (SSSR count). The van der Waals surface area contributed by atoms with Gasteiger partial charge < -0.3 is 0 Å². The van der Waals surface area contributed by atoms with E-state index in [1.807, 2.05) is 0 Å². The Bertz CT molecular complexity index is 1020. The molecule has 3 aromatic carbocycles. The van der Waals surface area contributed by atoms with Gasteiger partial charge in [0.15, 0.2) is 0 Å². The van der Waals surface area contributed by atoms with E-state index in [9.17, 15) is 27.2 Å². The van der Waals surface area contributed by atoms with Gasteiger partial charge in [-0.3, -0.25) is 9.59 Å². The highest BCUT2D eigenvalue weighted by Gasteiger charge is 2.32. The Labute approximate surface area is 146 Å². The lowest BCUT2D eigenvalue weighted by Crippen LogP contribution is -2.40. The van der Waals surface area contributed by atoms with Crippen LogP contribution in [0.3, 0.4) is 0 Å². The molecule has 0 radical (unpaired) electrons. The van der Waals surface area contributed by atoms with E-state index in [0.29, 0.717) is 11.1 Å². The average Bonchev–Trinajstić information content (AvgIpc) is 2.59. The molecule has 0 atom stereocenters. The quantitative estimate of drug-likeness (QED) is 0.521. The molecule has 0 aliphatic rings. The van der Waals surface area contributed by atoms with Gasteiger partial charge in [-0.15, -0.1) is 0 Å². The number of aryl methyl sites for hydroxylation is 1. The number of halogens is 4. The van der Waals surface area contributed by atoms with Crippen LogP contribution in [0.4, 0.5) is 17.6 Å². The van der Waals surface area contributed by atoms with Crippen molar-refractivity contribution in [2.45, 2.75) is 25.9 Å². The van der Waals surface area contributed by atoms with Crippen molar-refractivity contribution in [1.82, 2.24) is 0 Å². The fraction of sp³-hybridized carbons (Fsp3) is 0.200. The van der Waals surface area contributed by atoms with E-state index in [1.165, 1.54) is 43.3 Å². The van der Waals surface area contributed by atoms with Crippen molar-refractivity contribution < 1.29 is 17.6 Å². The van der Waals surface area contributed by atoms with Crippen LogP contribution in [0.25, 0.3) is 0 Å². The van der Waals surface area contributed by atoms with Crippen LogP contribution in [0.5, 0.6) is 0 Å². The molecule has 0 aromatic heterocycles. The van der Waals surface area contributed by atoms with Crippen molar-refractivity contribution in [2.75, 3.05) is 0 Å². The number of hydrogen-bond acceptors (Lipinski definition) is 2. The molecule has 26 heavy (non-hydrogen) atoms. The summed E-state index contributed by atoms with van der Waals surface area (Å²) in [5.41, 5.74) is -0.502. The van der Waals surface area contributed by atoms with Crippen LogP contribution >= 0.6 is 0 Å². The van der Waals surface area contributed by atoms with Crippen molar-refractivity contribution in [2.24, 2.45) is 0 Å². The lowest BCUT2D eigenvalue weighted by molar-refractivity contribution is -0.138. The Morgan fingerprint density at radius 2 is 1.31 bits per heavy atom. The highest BCUT2D eigenvalue weighted by atomic mass is 19.4. The number of benzene rings is 2. The van der Waals surface area contributed by atoms with Crippen LogP contribution in [-0.2, 0) is 19.0 Å². The average molecular weight is 362 g/mol. The predicted octanol–water partition coefficient (Wildman–Crippen LogP) is 3.93. The van der Waals surface area contributed by atoms with Crippen LogP contribution < -0.4 is 10.9 Å². The monoisotopic (exact) mass is 362 g/mol. The second-order valence-corrected chi connectivity index (χ2v) is 6.24. The van der Waals surface area contributed by atoms with Gasteiger partial charge in [-0.2, -0.15) is 13.2 Å². The standard InChI is InChI=1S/C20H14F4O2/c1-11-2-3-13(10-17(11)20(22,23)24)9-16-15(18(25)19(16)26)8-12-4-6-14(21)7-5-12/h2-7,10H,8-9H2,1H3. The van der Waals surface area contributed by atoms with Gasteiger partial charge in [-0.25, -0.2) is 4.39 Å². The number of hydrogen-bond donors (Lipinski definition) is 0. The molecule has 0 heterocycles. The summed E-state index contributed by atoms with van der Waals surface area (Å²) in [5.74, 6) is -0.418. The largest absolute Gasteiger partial charge is 0.416 e. The fourth-order valence-corrected chi connectivity index (χ4v) is 2.95. The molecular weight excluding hydrogens is 348 g/mol. The van der Waals surface area contributed by atoms with E-state index < -0.39 is 28.4 Å². The Hall–Kier alpha value is -2.76. The van der Waals surface area contributed by atoms with E-state index in [-0.39, 0.29) is 29.5 Å². The molecule has 0 saturated heterocycles. The summed E-state index contributed by atoms with van der Waals surface area (Å²) in [6.45, 7) is 1.36. The van der Waals surface area contributed by atoms with E-state index in [0.717, 1.165) is 6.07 Å². The molecular formula is C20H14F4O2. The van der Waals surface area contributed by atoms with Crippen molar-refractivity contribution >= 4 is 0 Å². The van der Waals surface area contributed by atoms with Gasteiger partial charge in [0.2, 0.25) is 10.9 Å². The first-order valence-corrected chi connectivity index (χ1v) is 7.89. The second-order valence-electron chi connectivity index (χ2n) is 6.24. The molecule has 3 aromatic rings. The van der Waals surface area contributed by atoms with Crippen LogP contribution in [0.1, 0.15) is 33.4 Å². The smallest absolute Gasteiger partial charge is 0.285 e. The van der Waals surface area contributed by atoms with Gasteiger partial charge >= 0.3 is 6.18 Å². The molecule has 0 spiro atoms. The van der Waals surface area contributed by atoms with Gasteiger partial charge in [0.25, 0.3) is 0 Å². The summed E-state index contributed by atoms with van der Waals surface area (Å²) in [6.07, 6.45) is -4.37. The van der Waals surface area contributed by atoms with Crippen molar-refractivity contribution in [1.29, 1.82) is 0 Å². The maximum atomic E-state index is 13.0.